The van der Waals surface area contributed by atoms with Gasteiger partial charge in [-0.15, -0.1) is 11.6 Å². The van der Waals surface area contributed by atoms with Crippen LogP contribution >= 0.6 is 11.6 Å². The van der Waals surface area contributed by atoms with E-state index in [1.807, 2.05) is 13.8 Å². The van der Waals surface area contributed by atoms with Crippen molar-refractivity contribution in [1.29, 1.82) is 0 Å². The fraction of sp³-hybridized carbons (Fsp3) is 0.733. The van der Waals surface area contributed by atoms with E-state index in [9.17, 15) is 0 Å². The van der Waals surface area contributed by atoms with E-state index < -0.39 is 0 Å². The van der Waals surface area contributed by atoms with Gasteiger partial charge >= 0.3 is 0 Å². The van der Waals surface area contributed by atoms with Crippen LogP contribution in [-0.2, 0) is 6.54 Å². The number of halogens is 1. The topological polar surface area (TPSA) is 35.6 Å². The molecule has 3 atom stereocenters. The summed E-state index contributed by atoms with van der Waals surface area (Å²) in [5.74, 6) is 1.69. The van der Waals surface area contributed by atoms with Crippen molar-refractivity contribution in [1.82, 2.24) is 19.3 Å². The molecule has 0 N–H and O–H groups in total. The van der Waals surface area contributed by atoms with Gasteiger partial charge in [0.2, 0.25) is 0 Å². The first-order chi connectivity index (χ1) is 9.54. The van der Waals surface area contributed by atoms with Crippen molar-refractivity contribution >= 4 is 22.8 Å². The Kier molecular flexibility index (Phi) is 3.53. The van der Waals surface area contributed by atoms with Crippen molar-refractivity contribution in [2.45, 2.75) is 64.9 Å². The third-order valence-corrected chi connectivity index (χ3v) is 4.77. The molecule has 3 rings (SSSR count). The van der Waals surface area contributed by atoms with E-state index in [2.05, 4.69) is 28.2 Å². The SMILES string of the molecule is CCn1nc(C)c2nc(C(C)Cl)n(C3CCCC3C)c21. The summed E-state index contributed by atoms with van der Waals surface area (Å²) in [5.41, 5.74) is 3.18. The minimum absolute atomic E-state index is 0.0695. The molecule has 2 aromatic heterocycles. The van der Waals surface area contributed by atoms with Crippen LogP contribution in [0.15, 0.2) is 0 Å². The number of rotatable bonds is 3. The van der Waals surface area contributed by atoms with Crippen molar-refractivity contribution in [3.05, 3.63) is 11.5 Å². The number of hydrogen-bond acceptors (Lipinski definition) is 2. The minimum Gasteiger partial charge on any atom is -0.308 e. The highest BCUT2D eigenvalue weighted by Gasteiger charge is 2.31. The second kappa shape index (κ2) is 5.06. The predicted octanol–water partition coefficient (Wildman–Crippen LogP) is 4.22. The molecule has 1 aliphatic rings. The molecule has 5 heteroatoms. The van der Waals surface area contributed by atoms with Crippen LogP contribution in [0.1, 0.15) is 63.0 Å². The molecule has 1 aliphatic carbocycles. The quantitative estimate of drug-likeness (QED) is 0.795. The van der Waals surface area contributed by atoms with Gasteiger partial charge in [-0.05, 0) is 39.5 Å². The third-order valence-electron chi connectivity index (χ3n) is 4.57. The summed E-state index contributed by atoms with van der Waals surface area (Å²) >= 11 is 6.40. The number of alkyl halides is 1. The van der Waals surface area contributed by atoms with E-state index in [0.29, 0.717) is 12.0 Å². The van der Waals surface area contributed by atoms with Crippen LogP contribution in [0.3, 0.4) is 0 Å². The lowest BCUT2D eigenvalue weighted by Gasteiger charge is -2.22. The second-order valence-electron chi connectivity index (χ2n) is 6.00. The Morgan fingerprint density at radius 1 is 1.40 bits per heavy atom. The standard InChI is InChI=1S/C15H23ClN4/c1-5-19-15-13(11(4)18-19)17-14(10(3)16)20(15)12-8-6-7-9(12)2/h9-10,12H,5-8H2,1-4H3. The highest BCUT2D eigenvalue weighted by molar-refractivity contribution is 6.20. The van der Waals surface area contributed by atoms with E-state index in [4.69, 9.17) is 16.6 Å². The Bertz CT molecular complexity index is 625. The molecular weight excluding hydrogens is 272 g/mol. The molecule has 20 heavy (non-hydrogen) atoms. The Labute approximate surface area is 125 Å². The monoisotopic (exact) mass is 294 g/mol. The van der Waals surface area contributed by atoms with Gasteiger partial charge in [0, 0.05) is 12.6 Å². The highest BCUT2D eigenvalue weighted by Crippen LogP contribution is 2.40. The second-order valence-corrected chi connectivity index (χ2v) is 6.66. The molecule has 1 fully saturated rings. The Morgan fingerprint density at radius 2 is 2.15 bits per heavy atom. The minimum atomic E-state index is -0.0695. The van der Waals surface area contributed by atoms with Crippen LogP contribution in [0.2, 0.25) is 0 Å². The number of fused-ring (bicyclic) bond motifs is 1. The Morgan fingerprint density at radius 3 is 2.70 bits per heavy atom. The van der Waals surface area contributed by atoms with Crippen LogP contribution in [0.25, 0.3) is 11.2 Å². The van der Waals surface area contributed by atoms with Crippen molar-refractivity contribution in [3.63, 3.8) is 0 Å². The summed E-state index contributed by atoms with van der Waals surface area (Å²) in [6.07, 6.45) is 3.80. The maximum atomic E-state index is 6.40. The summed E-state index contributed by atoms with van der Waals surface area (Å²) in [6.45, 7) is 9.38. The molecule has 0 aliphatic heterocycles. The summed E-state index contributed by atoms with van der Waals surface area (Å²) < 4.78 is 4.46. The van der Waals surface area contributed by atoms with Gasteiger partial charge in [-0.1, -0.05) is 13.3 Å². The Hall–Kier alpha value is -1.03. The first-order valence-corrected chi connectivity index (χ1v) is 8.07. The zero-order valence-electron chi connectivity index (χ0n) is 12.7. The summed E-state index contributed by atoms with van der Waals surface area (Å²) in [5, 5.41) is 4.55. The number of imidazole rings is 1. The lowest BCUT2D eigenvalue weighted by molar-refractivity contribution is 0.398. The lowest BCUT2D eigenvalue weighted by Crippen LogP contribution is -2.17. The zero-order valence-corrected chi connectivity index (χ0v) is 13.5. The van der Waals surface area contributed by atoms with Gasteiger partial charge in [0.05, 0.1) is 11.1 Å². The lowest BCUT2D eigenvalue weighted by atomic mass is 10.1. The smallest absolute Gasteiger partial charge is 0.159 e. The van der Waals surface area contributed by atoms with Crippen molar-refractivity contribution in [2.24, 2.45) is 5.92 Å². The van der Waals surface area contributed by atoms with Gasteiger partial charge in [-0.3, -0.25) is 0 Å². The number of nitrogens with zero attached hydrogens (tertiary/aromatic N) is 4. The fourth-order valence-electron chi connectivity index (χ4n) is 3.54. The van der Waals surface area contributed by atoms with E-state index >= 15 is 0 Å². The average molecular weight is 295 g/mol. The summed E-state index contributed by atoms with van der Waals surface area (Å²) in [4.78, 5) is 4.81. The fourth-order valence-corrected chi connectivity index (χ4v) is 3.70. The normalized spacial score (nSPS) is 24.6. The van der Waals surface area contributed by atoms with Gasteiger partial charge in [0.1, 0.15) is 11.3 Å². The molecule has 110 valence electrons. The molecule has 3 unspecified atom stereocenters. The first-order valence-electron chi connectivity index (χ1n) is 7.63. The number of aromatic nitrogens is 4. The average Bonchev–Trinajstić information content (AvgIpc) is 3.05. The molecule has 0 aromatic carbocycles. The first kappa shape index (κ1) is 13.9. The summed E-state index contributed by atoms with van der Waals surface area (Å²) in [6, 6.07) is 0.512. The van der Waals surface area contributed by atoms with Gasteiger partial charge < -0.3 is 4.57 Å². The molecule has 2 aromatic rings. The van der Waals surface area contributed by atoms with E-state index in [-0.39, 0.29) is 5.38 Å². The van der Waals surface area contributed by atoms with E-state index in [0.717, 1.165) is 29.2 Å². The number of hydrogen-bond donors (Lipinski definition) is 0. The molecular formula is C15H23ClN4. The van der Waals surface area contributed by atoms with E-state index in [1.54, 1.807) is 0 Å². The number of aryl methyl sites for hydroxylation is 2. The molecule has 0 amide bonds. The van der Waals surface area contributed by atoms with Crippen LogP contribution in [0, 0.1) is 12.8 Å². The van der Waals surface area contributed by atoms with Crippen molar-refractivity contribution < 1.29 is 0 Å². The molecule has 4 nitrogen and oxygen atoms in total. The van der Waals surface area contributed by atoms with Gasteiger partial charge in [-0.25, -0.2) is 9.67 Å². The predicted molar refractivity (Wildman–Crippen MR) is 82.2 cm³/mol. The van der Waals surface area contributed by atoms with Crippen molar-refractivity contribution in [2.75, 3.05) is 0 Å². The van der Waals surface area contributed by atoms with Crippen LogP contribution in [-0.4, -0.2) is 19.3 Å². The maximum Gasteiger partial charge on any atom is 0.159 e. The van der Waals surface area contributed by atoms with Crippen LogP contribution < -0.4 is 0 Å². The highest BCUT2D eigenvalue weighted by atomic mass is 35.5. The molecule has 0 radical (unpaired) electrons. The molecule has 0 bridgehead atoms. The van der Waals surface area contributed by atoms with Crippen molar-refractivity contribution in [3.8, 4) is 0 Å². The zero-order chi connectivity index (χ0) is 14.4. The Balaban J connectivity index is 2.27. The molecule has 0 saturated heterocycles. The summed E-state index contributed by atoms with van der Waals surface area (Å²) in [7, 11) is 0. The molecule has 0 spiro atoms. The van der Waals surface area contributed by atoms with Crippen LogP contribution in [0.4, 0.5) is 0 Å². The van der Waals surface area contributed by atoms with Crippen LogP contribution in [0.5, 0.6) is 0 Å². The molecule has 2 heterocycles. The largest absolute Gasteiger partial charge is 0.308 e. The molecule has 1 saturated carbocycles. The van der Waals surface area contributed by atoms with Gasteiger partial charge in [0.25, 0.3) is 0 Å². The van der Waals surface area contributed by atoms with Gasteiger partial charge in [-0.2, -0.15) is 5.10 Å². The third kappa shape index (κ3) is 1.96. The van der Waals surface area contributed by atoms with Gasteiger partial charge in [0.15, 0.2) is 5.65 Å². The van der Waals surface area contributed by atoms with E-state index in [1.165, 1.54) is 19.3 Å². The maximum absolute atomic E-state index is 6.40.